The molecule has 2 aromatic carbocycles. The molecule has 0 aliphatic carbocycles. The Morgan fingerprint density at radius 2 is 1.78 bits per heavy atom. The molecule has 4 aromatic rings. The van der Waals surface area contributed by atoms with Gasteiger partial charge in [0, 0.05) is 10.9 Å². The molecule has 0 aliphatic heterocycles. The van der Waals surface area contributed by atoms with Gasteiger partial charge in [-0.2, -0.15) is 0 Å². The van der Waals surface area contributed by atoms with Gasteiger partial charge in [0.1, 0.15) is 0 Å². The first-order chi connectivity index (χ1) is 11.2. The van der Waals surface area contributed by atoms with E-state index >= 15 is 0 Å². The maximum Gasteiger partial charge on any atom is 0.268 e. The number of rotatable bonds is 2. The largest absolute Gasteiger partial charge is 0.331 e. The molecular weight excluding hydrogens is 326 g/mol. The van der Waals surface area contributed by atoms with E-state index in [0.717, 1.165) is 16.8 Å². The van der Waals surface area contributed by atoms with Gasteiger partial charge in [-0.1, -0.05) is 42.5 Å². The van der Waals surface area contributed by atoms with Gasteiger partial charge in [-0.25, -0.2) is 9.55 Å². The lowest BCUT2D eigenvalue weighted by atomic mass is 10.2. The molecule has 0 spiro atoms. The average Bonchev–Trinajstić information content (AvgIpc) is 3.05. The fourth-order valence-corrected chi connectivity index (χ4v) is 3.62. The van der Waals surface area contributed by atoms with E-state index < -0.39 is 0 Å². The summed E-state index contributed by atoms with van der Waals surface area (Å²) in [5.41, 5.74) is 2.43. The van der Waals surface area contributed by atoms with Crippen molar-refractivity contribution in [1.29, 1.82) is 0 Å². The van der Waals surface area contributed by atoms with E-state index in [4.69, 9.17) is 12.2 Å². The third-order valence-corrected chi connectivity index (χ3v) is 4.67. The SMILES string of the molecule is O=c1c2ccccc2[nH]c(=S)n1-c1nc(-c2ccccc2)cs1. The fourth-order valence-electron chi connectivity index (χ4n) is 2.44. The highest BCUT2D eigenvalue weighted by Gasteiger charge is 2.11. The van der Waals surface area contributed by atoms with Crippen LogP contribution in [0.2, 0.25) is 0 Å². The van der Waals surface area contributed by atoms with Crippen molar-refractivity contribution in [2.45, 2.75) is 0 Å². The summed E-state index contributed by atoms with van der Waals surface area (Å²) in [4.78, 5) is 20.4. The van der Waals surface area contributed by atoms with Gasteiger partial charge < -0.3 is 4.98 Å². The van der Waals surface area contributed by atoms with Crippen molar-refractivity contribution in [2.75, 3.05) is 0 Å². The number of fused-ring (bicyclic) bond motifs is 1. The van der Waals surface area contributed by atoms with Gasteiger partial charge in [-0.15, -0.1) is 11.3 Å². The average molecular weight is 337 g/mol. The minimum Gasteiger partial charge on any atom is -0.331 e. The van der Waals surface area contributed by atoms with E-state index in [9.17, 15) is 4.79 Å². The highest BCUT2D eigenvalue weighted by Crippen LogP contribution is 2.23. The lowest BCUT2D eigenvalue weighted by Crippen LogP contribution is -2.20. The molecule has 4 rings (SSSR count). The van der Waals surface area contributed by atoms with Crippen LogP contribution < -0.4 is 5.56 Å². The summed E-state index contributed by atoms with van der Waals surface area (Å²) in [5.74, 6) is 0. The Labute approximate surface area is 140 Å². The molecule has 23 heavy (non-hydrogen) atoms. The van der Waals surface area contributed by atoms with Crippen LogP contribution in [0.5, 0.6) is 0 Å². The summed E-state index contributed by atoms with van der Waals surface area (Å²) in [6.45, 7) is 0. The Bertz CT molecular complexity index is 1110. The van der Waals surface area contributed by atoms with E-state index in [1.807, 2.05) is 53.9 Å². The van der Waals surface area contributed by atoms with Gasteiger partial charge in [0.05, 0.1) is 16.6 Å². The molecule has 0 saturated heterocycles. The molecule has 2 heterocycles. The number of nitrogens with one attached hydrogen (secondary N) is 1. The number of hydrogen-bond donors (Lipinski definition) is 1. The van der Waals surface area contributed by atoms with Crippen LogP contribution in [-0.2, 0) is 0 Å². The predicted molar refractivity (Wildman–Crippen MR) is 95.8 cm³/mol. The standard InChI is InChI=1S/C17H11N3OS2/c21-15-12-8-4-5-9-13(12)18-16(22)20(15)17-19-14(10-23-17)11-6-2-1-3-7-11/h1-10H,(H,18,22). The number of nitrogens with zero attached hydrogens (tertiary/aromatic N) is 2. The third-order valence-electron chi connectivity index (χ3n) is 3.56. The first-order valence-corrected chi connectivity index (χ1v) is 8.28. The monoisotopic (exact) mass is 337 g/mol. The van der Waals surface area contributed by atoms with Crippen molar-refractivity contribution in [3.05, 3.63) is 75.1 Å². The molecule has 0 aliphatic rings. The molecule has 4 nitrogen and oxygen atoms in total. The zero-order chi connectivity index (χ0) is 15.8. The number of hydrogen-bond acceptors (Lipinski definition) is 4. The zero-order valence-electron chi connectivity index (χ0n) is 11.9. The molecule has 6 heteroatoms. The number of aromatic amines is 1. The van der Waals surface area contributed by atoms with E-state index in [1.54, 1.807) is 6.07 Å². The summed E-state index contributed by atoms with van der Waals surface area (Å²) in [5, 5.41) is 3.10. The number of benzene rings is 2. The molecule has 0 amide bonds. The maximum absolute atomic E-state index is 12.7. The molecule has 0 atom stereocenters. The minimum absolute atomic E-state index is 0.154. The van der Waals surface area contributed by atoms with E-state index in [1.165, 1.54) is 15.9 Å². The third kappa shape index (κ3) is 2.42. The van der Waals surface area contributed by atoms with E-state index in [0.29, 0.717) is 15.3 Å². The first-order valence-electron chi connectivity index (χ1n) is 6.99. The van der Waals surface area contributed by atoms with E-state index in [2.05, 4.69) is 9.97 Å². The Hall–Kier alpha value is -2.57. The molecular formula is C17H11N3OS2. The highest BCUT2D eigenvalue weighted by molar-refractivity contribution is 7.71. The second-order valence-electron chi connectivity index (χ2n) is 5.00. The summed E-state index contributed by atoms with van der Waals surface area (Å²) < 4.78 is 1.80. The van der Waals surface area contributed by atoms with Gasteiger partial charge >= 0.3 is 0 Å². The summed E-state index contributed by atoms with van der Waals surface area (Å²) in [6, 6.07) is 17.2. The number of thiazole rings is 1. The quantitative estimate of drug-likeness (QED) is 0.559. The van der Waals surface area contributed by atoms with Crippen LogP contribution in [0, 0.1) is 4.77 Å². The van der Waals surface area contributed by atoms with Crippen LogP contribution in [0.3, 0.4) is 0 Å². The lowest BCUT2D eigenvalue weighted by molar-refractivity contribution is 0.928. The predicted octanol–water partition coefficient (Wildman–Crippen LogP) is 4.17. The lowest BCUT2D eigenvalue weighted by Gasteiger charge is -2.04. The van der Waals surface area contributed by atoms with Gasteiger partial charge in [-0.05, 0) is 24.4 Å². The molecule has 2 aromatic heterocycles. The highest BCUT2D eigenvalue weighted by atomic mass is 32.1. The fraction of sp³-hybridized carbons (Fsp3) is 0. The summed E-state index contributed by atoms with van der Waals surface area (Å²) >= 11 is 6.75. The molecule has 1 N–H and O–H groups in total. The molecule has 0 unspecified atom stereocenters. The van der Waals surface area contributed by atoms with Gasteiger partial charge in [0.25, 0.3) is 5.56 Å². The smallest absolute Gasteiger partial charge is 0.268 e. The molecule has 112 valence electrons. The molecule has 0 bridgehead atoms. The van der Waals surface area contributed by atoms with Crippen molar-refractivity contribution in [1.82, 2.24) is 14.5 Å². The molecule has 0 radical (unpaired) electrons. The van der Waals surface area contributed by atoms with Crippen molar-refractivity contribution >= 4 is 34.5 Å². The second kappa shape index (κ2) is 5.57. The number of H-pyrrole nitrogens is 1. The van der Waals surface area contributed by atoms with Gasteiger partial charge in [0.15, 0.2) is 9.90 Å². The van der Waals surface area contributed by atoms with Crippen molar-refractivity contribution < 1.29 is 0 Å². The van der Waals surface area contributed by atoms with Gasteiger partial charge in [-0.3, -0.25) is 4.79 Å². The number of aromatic nitrogens is 3. The van der Waals surface area contributed by atoms with Crippen LogP contribution in [-0.4, -0.2) is 14.5 Å². The Kier molecular flexibility index (Phi) is 3.40. The molecule has 0 fully saturated rings. The van der Waals surface area contributed by atoms with Crippen molar-refractivity contribution in [3.8, 4) is 16.4 Å². The zero-order valence-corrected chi connectivity index (χ0v) is 13.5. The molecule has 0 saturated carbocycles. The topological polar surface area (TPSA) is 50.7 Å². The second-order valence-corrected chi connectivity index (χ2v) is 6.22. The van der Waals surface area contributed by atoms with Crippen molar-refractivity contribution in [2.24, 2.45) is 0 Å². The van der Waals surface area contributed by atoms with Gasteiger partial charge in [0.2, 0.25) is 0 Å². The van der Waals surface area contributed by atoms with E-state index in [-0.39, 0.29) is 5.56 Å². The Morgan fingerprint density at radius 3 is 2.61 bits per heavy atom. The Morgan fingerprint density at radius 1 is 1.04 bits per heavy atom. The summed E-state index contributed by atoms with van der Waals surface area (Å²) in [6.07, 6.45) is 0. The maximum atomic E-state index is 12.7. The Balaban J connectivity index is 1.92. The number of para-hydroxylation sites is 1. The van der Waals surface area contributed by atoms with Crippen LogP contribution in [0.15, 0.2) is 64.8 Å². The first kappa shape index (κ1) is 14.0. The van der Waals surface area contributed by atoms with Crippen LogP contribution in [0.25, 0.3) is 27.3 Å². The van der Waals surface area contributed by atoms with Crippen LogP contribution in [0.1, 0.15) is 0 Å². The normalized spacial score (nSPS) is 11.0. The van der Waals surface area contributed by atoms with Crippen LogP contribution >= 0.6 is 23.6 Å². The minimum atomic E-state index is -0.154. The summed E-state index contributed by atoms with van der Waals surface area (Å²) in [7, 11) is 0. The van der Waals surface area contributed by atoms with Crippen LogP contribution in [0.4, 0.5) is 0 Å². The van der Waals surface area contributed by atoms with Crippen molar-refractivity contribution in [3.63, 3.8) is 0 Å².